The molecule has 0 aromatic carbocycles. The molecule has 0 saturated carbocycles. The van der Waals surface area contributed by atoms with Crippen LogP contribution in [0.1, 0.15) is 26.2 Å². The Bertz CT molecular complexity index is 149. The van der Waals surface area contributed by atoms with Crippen molar-refractivity contribution in [3.05, 3.63) is 11.6 Å². The number of carboxylic acid groups (broad SMARTS) is 1. The summed E-state index contributed by atoms with van der Waals surface area (Å²) in [7, 11) is 0. The standard InChI is InChI=1S/C8H14O3/c1-2-7(8(10)11)5-3-4-6-9/h5,9H,2-4,6H2,1H3,(H,10,11). The molecule has 0 aliphatic carbocycles. The Morgan fingerprint density at radius 1 is 1.55 bits per heavy atom. The average Bonchev–Trinajstić information content (AvgIpc) is 1.97. The topological polar surface area (TPSA) is 57.5 Å². The van der Waals surface area contributed by atoms with E-state index in [1.54, 1.807) is 13.0 Å². The summed E-state index contributed by atoms with van der Waals surface area (Å²) < 4.78 is 0. The minimum absolute atomic E-state index is 0.118. The molecule has 0 aromatic rings. The largest absolute Gasteiger partial charge is 0.478 e. The highest BCUT2D eigenvalue weighted by atomic mass is 16.4. The molecule has 3 heteroatoms. The van der Waals surface area contributed by atoms with Gasteiger partial charge in [0.1, 0.15) is 0 Å². The summed E-state index contributed by atoms with van der Waals surface area (Å²) in [6.45, 7) is 1.92. The first-order valence-corrected chi connectivity index (χ1v) is 3.75. The van der Waals surface area contributed by atoms with Crippen molar-refractivity contribution in [3.63, 3.8) is 0 Å². The van der Waals surface area contributed by atoms with E-state index in [0.29, 0.717) is 24.8 Å². The van der Waals surface area contributed by atoms with E-state index in [1.165, 1.54) is 0 Å². The molecule has 3 nitrogen and oxygen atoms in total. The van der Waals surface area contributed by atoms with E-state index in [-0.39, 0.29) is 6.61 Å². The van der Waals surface area contributed by atoms with E-state index in [9.17, 15) is 4.79 Å². The molecule has 0 bridgehead atoms. The van der Waals surface area contributed by atoms with Crippen LogP contribution in [0.3, 0.4) is 0 Å². The molecule has 0 fully saturated rings. The molecule has 64 valence electrons. The highest BCUT2D eigenvalue weighted by molar-refractivity contribution is 5.86. The minimum atomic E-state index is -0.856. The zero-order valence-electron chi connectivity index (χ0n) is 6.71. The molecule has 0 rings (SSSR count). The maximum Gasteiger partial charge on any atom is 0.331 e. The predicted octanol–water partition coefficient (Wildman–Crippen LogP) is 1.18. The van der Waals surface area contributed by atoms with Crippen LogP contribution in [0.15, 0.2) is 11.6 Å². The van der Waals surface area contributed by atoms with Gasteiger partial charge in [-0.05, 0) is 19.3 Å². The number of carboxylic acids is 1. The molecule has 0 heterocycles. The van der Waals surface area contributed by atoms with Gasteiger partial charge in [0.05, 0.1) is 0 Å². The Balaban J connectivity index is 3.81. The van der Waals surface area contributed by atoms with E-state index in [2.05, 4.69) is 0 Å². The van der Waals surface area contributed by atoms with Gasteiger partial charge in [0, 0.05) is 12.2 Å². The highest BCUT2D eigenvalue weighted by Gasteiger charge is 2.01. The number of hydrogen-bond acceptors (Lipinski definition) is 2. The third-order valence-corrected chi connectivity index (χ3v) is 1.41. The van der Waals surface area contributed by atoms with Crippen molar-refractivity contribution in [3.8, 4) is 0 Å². The Morgan fingerprint density at radius 3 is 2.55 bits per heavy atom. The van der Waals surface area contributed by atoms with Gasteiger partial charge >= 0.3 is 5.97 Å². The average molecular weight is 158 g/mol. The molecule has 0 aromatic heterocycles. The molecule has 0 amide bonds. The number of hydrogen-bond donors (Lipinski definition) is 2. The molecule has 11 heavy (non-hydrogen) atoms. The molecule has 2 N–H and O–H groups in total. The van der Waals surface area contributed by atoms with Gasteiger partial charge in [0.25, 0.3) is 0 Å². The van der Waals surface area contributed by atoms with E-state index < -0.39 is 5.97 Å². The number of carbonyl (C=O) groups is 1. The molecular weight excluding hydrogens is 144 g/mol. The monoisotopic (exact) mass is 158 g/mol. The molecule has 0 unspecified atom stereocenters. The van der Waals surface area contributed by atoms with Gasteiger partial charge in [0.15, 0.2) is 0 Å². The summed E-state index contributed by atoms with van der Waals surface area (Å²) in [4.78, 5) is 10.4. The first-order chi connectivity index (χ1) is 5.22. The number of unbranched alkanes of at least 4 members (excludes halogenated alkanes) is 1. The summed E-state index contributed by atoms with van der Waals surface area (Å²) >= 11 is 0. The van der Waals surface area contributed by atoms with Crippen molar-refractivity contribution < 1.29 is 15.0 Å². The van der Waals surface area contributed by atoms with E-state index in [0.717, 1.165) is 0 Å². The third kappa shape index (κ3) is 4.56. The van der Waals surface area contributed by atoms with Crippen molar-refractivity contribution in [2.45, 2.75) is 26.2 Å². The number of rotatable bonds is 5. The first-order valence-electron chi connectivity index (χ1n) is 3.75. The minimum Gasteiger partial charge on any atom is -0.478 e. The maximum atomic E-state index is 10.4. The van der Waals surface area contributed by atoms with Gasteiger partial charge in [-0.1, -0.05) is 13.0 Å². The molecule has 0 aliphatic rings. The van der Waals surface area contributed by atoms with Gasteiger partial charge in [0.2, 0.25) is 0 Å². The lowest BCUT2D eigenvalue weighted by molar-refractivity contribution is -0.132. The van der Waals surface area contributed by atoms with Crippen molar-refractivity contribution in [2.75, 3.05) is 6.61 Å². The lowest BCUT2D eigenvalue weighted by Crippen LogP contribution is -1.98. The number of aliphatic hydroxyl groups excluding tert-OH is 1. The highest BCUT2D eigenvalue weighted by Crippen LogP contribution is 2.03. The lowest BCUT2D eigenvalue weighted by atomic mass is 10.1. The summed E-state index contributed by atoms with van der Waals surface area (Å²) in [6, 6.07) is 0. The number of aliphatic hydroxyl groups is 1. The normalized spacial score (nSPS) is 11.6. The summed E-state index contributed by atoms with van der Waals surface area (Å²) in [5.41, 5.74) is 0.429. The Labute approximate surface area is 66.4 Å². The second kappa shape index (κ2) is 5.92. The van der Waals surface area contributed by atoms with Crippen molar-refractivity contribution in [1.82, 2.24) is 0 Å². The fourth-order valence-corrected chi connectivity index (χ4v) is 0.750. The van der Waals surface area contributed by atoms with Crippen molar-refractivity contribution >= 4 is 5.97 Å². The molecular formula is C8H14O3. The molecule has 0 aliphatic heterocycles. The predicted molar refractivity (Wildman–Crippen MR) is 42.3 cm³/mol. The van der Waals surface area contributed by atoms with Crippen LogP contribution in [0, 0.1) is 0 Å². The van der Waals surface area contributed by atoms with Crippen LogP contribution >= 0.6 is 0 Å². The van der Waals surface area contributed by atoms with Crippen molar-refractivity contribution in [1.29, 1.82) is 0 Å². The van der Waals surface area contributed by atoms with E-state index >= 15 is 0 Å². The molecule has 0 spiro atoms. The van der Waals surface area contributed by atoms with Crippen LogP contribution in [-0.2, 0) is 4.79 Å². The lowest BCUT2D eigenvalue weighted by Gasteiger charge is -1.96. The van der Waals surface area contributed by atoms with Crippen LogP contribution < -0.4 is 0 Å². The quantitative estimate of drug-likeness (QED) is 0.466. The second-order valence-corrected chi connectivity index (χ2v) is 2.25. The fraction of sp³-hybridized carbons (Fsp3) is 0.625. The van der Waals surface area contributed by atoms with E-state index in [1.807, 2.05) is 0 Å². The second-order valence-electron chi connectivity index (χ2n) is 2.25. The van der Waals surface area contributed by atoms with Crippen LogP contribution in [-0.4, -0.2) is 22.8 Å². The summed E-state index contributed by atoms with van der Waals surface area (Å²) in [5.74, 6) is -0.856. The van der Waals surface area contributed by atoms with Crippen LogP contribution in [0.25, 0.3) is 0 Å². The van der Waals surface area contributed by atoms with Gasteiger partial charge in [-0.15, -0.1) is 0 Å². The number of allylic oxidation sites excluding steroid dienone is 1. The summed E-state index contributed by atoms with van der Waals surface area (Å²) in [6.07, 6.45) is 3.49. The van der Waals surface area contributed by atoms with Crippen LogP contribution in [0.2, 0.25) is 0 Å². The van der Waals surface area contributed by atoms with Crippen LogP contribution in [0.4, 0.5) is 0 Å². The zero-order valence-corrected chi connectivity index (χ0v) is 6.71. The molecule has 0 radical (unpaired) electrons. The third-order valence-electron chi connectivity index (χ3n) is 1.41. The summed E-state index contributed by atoms with van der Waals surface area (Å²) in [5, 5.41) is 17.0. The SMILES string of the molecule is CCC(=CCCCO)C(=O)O. The Morgan fingerprint density at radius 2 is 2.18 bits per heavy atom. The molecule has 0 atom stereocenters. The van der Waals surface area contributed by atoms with Gasteiger partial charge < -0.3 is 10.2 Å². The fourth-order valence-electron chi connectivity index (χ4n) is 0.750. The van der Waals surface area contributed by atoms with Crippen molar-refractivity contribution in [2.24, 2.45) is 0 Å². The Hall–Kier alpha value is -0.830. The first kappa shape index (κ1) is 10.2. The van der Waals surface area contributed by atoms with Gasteiger partial charge in [-0.3, -0.25) is 0 Å². The van der Waals surface area contributed by atoms with Crippen LogP contribution in [0.5, 0.6) is 0 Å². The van der Waals surface area contributed by atoms with Gasteiger partial charge in [-0.2, -0.15) is 0 Å². The number of aliphatic carboxylic acids is 1. The molecule has 0 saturated heterocycles. The Kier molecular flexibility index (Phi) is 5.47. The van der Waals surface area contributed by atoms with E-state index in [4.69, 9.17) is 10.2 Å². The zero-order chi connectivity index (χ0) is 8.69. The van der Waals surface area contributed by atoms with Gasteiger partial charge in [-0.25, -0.2) is 4.79 Å². The smallest absolute Gasteiger partial charge is 0.331 e. The maximum absolute atomic E-state index is 10.4.